The summed E-state index contributed by atoms with van der Waals surface area (Å²) in [7, 11) is 0. The first-order chi connectivity index (χ1) is 12.7. The molecule has 4 nitrogen and oxygen atoms in total. The fourth-order valence-electron chi connectivity index (χ4n) is 6.04. The lowest BCUT2D eigenvalue weighted by molar-refractivity contribution is -0.126. The van der Waals surface area contributed by atoms with Gasteiger partial charge < -0.3 is 10.2 Å². The van der Waals surface area contributed by atoms with Crippen molar-refractivity contribution in [3.8, 4) is 0 Å². The van der Waals surface area contributed by atoms with Crippen LogP contribution < -0.4 is 5.32 Å². The van der Waals surface area contributed by atoms with Crippen molar-refractivity contribution in [2.24, 2.45) is 23.7 Å². The molecule has 138 valence electrons. The first kappa shape index (κ1) is 16.7. The third-order valence-corrected chi connectivity index (χ3v) is 8.14. The molecule has 4 aliphatic carbocycles. The van der Waals surface area contributed by atoms with E-state index in [1.165, 1.54) is 32.1 Å². The second-order valence-corrected chi connectivity index (χ2v) is 9.74. The highest BCUT2D eigenvalue weighted by Crippen LogP contribution is 2.53. The molecule has 5 fully saturated rings. The largest absolute Gasteiger partial charge is 0.350 e. The van der Waals surface area contributed by atoms with Crippen molar-refractivity contribution in [2.45, 2.75) is 43.5 Å². The summed E-state index contributed by atoms with van der Waals surface area (Å²) in [6, 6.07) is 9.66. The van der Waals surface area contributed by atoms with Crippen LogP contribution in [0.4, 0.5) is 0 Å². The molecular formula is C21H26N2O2S. The van der Waals surface area contributed by atoms with E-state index in [9.17, 15) is 9.59 Å². The lowest BCUT2D eigenvalue weighted by Crippen LogP contribution is -2.58. The average molecular weight is 371 g/mol. The number of nitrogens with one attached hydrogen (secondary N) is 1. The summed E-state index contributed by atoms with van der Waals surface area (Å²) < 4.78 is 0. The molecule has 4 saturated carbocycles. The standard InChI is InChI=1S/C21H26N2O2S/c24-19(22-18-16-9-13-8-14(11-16)12-17(18)10-13)21-23(6-7-26-21)20(25)15-4-2-1-3-5-15/h1-5,13-14,16-18,21H,6-12H2,(H,22,24). The summed E-state index contributed by atoms with van der Waals surface area (Å²) >= 11 is 1.60. The predicted octanol–water partition coefficient (Wildman–Crippen LogP) is 3.14. The summed E-state index contributed by atoms with van der Waals surface area (Å²) in [5.74, 6) is 4.00. The van der Waals surface area contributed by atoms with Crippen LogP contribution in [0, 0.1) is 23.7 Å². The second kappa shape index (κ2) is 6.59. The fraction of sp³-hybridized carbons (Fsp3) is 0.619. The molecule has 26 heavy (non-hydrogen) atoms. The Balaban J connectivity index is 1.28. The topological polar surface area (TPSA) is 49.4 Å². The third-order valence-electron chi connectivity index (χ3n) is 6.93. The zero-order chi connectivity index (χ0) is 17.7. The van der Waals surface area contributed by atoms with Crippen molar-refractivity contribution in [3.05, 3.63) is 35.9 Å². The lowest BCUT2D eigenvalue weighted by Gasteiger charge is -2.54. The first-order valence-corrected chi connectivity index (χ1v) is 11.0. The highest BCUT2D eigenvalue weighted by atomic mass is 32.2. The van der Waals surface area contributed by atoms with Gasteiger partial charge in [0.05, 0.1) is 0 Å². The van der Waals surface area contributed by atoms with Gasteiger partial charge in [-0.2, -0.15) is 0 Å². The van der Waals surface area contributed by atoms with E-state index in [0.717, 1.165) is 17.6 Å². The third kappa shape index (κ3) is 2.84. The maximum Gasteiger partial charge on any atom is 0.255 e. The lowest BCUT2D eigenvalue weighted by atomic mass is 9.54. The summed E-state index contributed by atoms with van der Waals surface area (Å²) in [5, 5.41) is 3.01. The molecule has 1 aromatic rings. The van der Waals surface area contributed by atoms with Crippen LogP contribution in [-0.4, -0.2) is 40.4 Å². The van der Waals surface area contributed by atoms with E-state index in [0.29, 0.717) is 30.0 Å². The first-order valence-electron chi connectivity index (χ1n) is 9.97. The number of amides is 2. The number of thioether (sulfide) groups is 1. The highest BCUT2D eigenvalue weighted by molar-refractivity contribution is 8.00. The minimum absolute atomic E-state index is 0.0270. The zero-order valence-electron chi connectivity index (χ0n) is 15.0. The molecule has 1 heterocycles. The Bertz CT molecular complexity index is 679. The molecule has 5 aliphatic rings. The molecule has 5 heteroatoms. The van der Waals surface area contributed by atoms with Crippen LogP contribution in [0.2, 0.25) is 0 Å². The highest BCUT2D eigenvalue weighted by Gasteiger charge is 2.49. The molecule has 0 spiro atoms. The van der Waals surface area contributed by atoms with Gasteiger partial charge in [-0.25, -0.2) is 0 Å². The number of rotatable bonds is 3. The van der Waals surface area contributed by atoms with Gasteiger partial charge in [0.25, 0.3) is 11.8 Å². The minimum atomic E-state index is -0.375. The predicted molar refractivity (Wildman–Crippen MR) is 103 cm³/mol. The van der Waals surface area contributed by atoms with Crippen molar-refractivity contribution in [3.63, 3.8) is 0 Å². The number of hydrogen-bond acceptors (Lipinski definition) is 3. The van der Waals surface area contributed by atoms with E-state index in [1.807, 2.05) is 30.3 Å². The van der Waals surface area contributed by atoms with Gasteiger partial charge in [-0.15, -0.1) is 11.8 Å². The second-order valence-electron chi connectivity index (χ2n) is 8.55. The summed E-state index contributed by atoms with van der Waals surface area (Å²) in [5.41, 5.74) is 0.669. The molecule has 0 aromatic heterocycles. The molecule has 0 radical (unpaired) electrons. The van der Waals surface area contributed by atoms with Crippen molar-refractivity contribution in [1.29, 1.82) is 0 Å². The van der Waals surface area contributed by atoms with Crippen molar-refractivity contribution >= 4 is 23.6 Å². The quantitative estimate of drug-likeness (QED) is 0.889. The monoisotopic (exact) mass is 370 g/mol. The molecule has 1 atom stereocenters. The van der Waals surface area contributed by atoms with Crippen LogP contribution in [0.25, 0.3) is 0 Å². The SMILES string of the molecule is O=C(NC1C2CC3CC(C2)CC1C3)C1SCCN1C(=O)c1ccccc1. The van der Waals surface area contributed by atoms with Crippen molar-refractivity contribution in [1.82, 2.24) is 10.2 Å². The van der Waals surface area contributed by atoms with Gasteiger partial charge in [0, 0.05) is 23.9 Å². The maximum atomic E-state index is 13.1. The maximum absolute atomic E-state index is 13.1. The molecule has 6 rings (SSSR count). The van der Waals surface area contributed by atoms with Crippen molar-refractivity contribution < 1.29 is 9.59 Å². The van der Waals surface area contributed by atoms with Crippen LogP contribution >= 0.6 is 11.8 Å². The van der Waals surface area contributed by atoms with E-state index in [2.05, 4.69) is 5.32 Å². The number of nitrogens with zero attached hydrogens (tertiary/aromatic N) is 1. The Morgan fingerprint density at radius 2 is 1.62 bits per heavy atom. The fourth-order valence-corrected chi connectivity index (χ4v) is 7.16. The molecular weight excluding hydrogens is 344 g/mol. The molecule has 2 amide bonds. The van der Waals surface area contributed by atoms with Crippen molar-refractivity contribution in [2.75, 3.05) is 12.3 Å². The van der Waals surface area contributed by atoms with Gasteiger partial charge in [0.2, 0.25) is 0 Å². The van der Waals surface area contributed by atoms with Gasteiger partial charge in [-0.3, -0.25) is 9.59 Å². The number of carbonyl (C=O) groups excluding carboxylic acids is 2. The minimum Gasteiger partial charge on any atom is -0.350 e. The number of carbonyl (C=O) groups is 2. The van der Waals surface area contributed by atoms with Crippen LogP contribution in [0.3, 0.4) is 0 Å². The smallest absolute Gasteiger partial charge is 0.255 e. The van der Waals surface area contributed by atoms with Crippen LogP contribution in [-0.2, 0) is 4.79 Å². The molecule has 1 saturated heterocycles. The Morgan fingerprint density at radius 3 is 2.27 bits per heavy atom. The molecule has 4 bridgehead atoms. The molecule has 1 aliphatic heterocycles. The number of hydrogen-bond donors (Lipinski definition) is 1. The molecule has 1 aromatic carbocycles. The van der Waals surface area contributed by atoms with Gasteiger partial charge in [0.1, 0.15) is 0 Å². The van der Waals surface area contributed by atoms with E-state index in [4.69, 9.17) is 0 Å². The van der Waals surface area contributed by atoms with Crippen LogP contribution in [0.1, 0.15) is 42.5 Å². The van der Waals surface area contributed by atoms with Crippen LogP contribution in [0.5, 0.6) is 0 Å². The Labute approximate surface area is 159 Å². The summed E-state index contributed by atoms with van der Waals surface area (Å²) in [6.45, 7) is 0.651. The van der Waals surface area contributed by atoms with Gasteiger partial charge >= 0.3 is 0 Å². The van der Waals surface area contributed by atoms with Crippen LogP contribution in [0.15, 0.2) is 30.3 Å². The average Bonchev–Trinajstić information content (AvgIpc) is 3.14. The van der Waals surface area contributed by atoms with Gasteiger partial charge in [-0.05, 0) is 67.9 Å². The van der Waals surface area contributed by atoms with Gasteiger partial charge in [-0.1, -0.05) is 18.2 Å². The normalized spacial score (nSPS) is 37.8. The Kier molecular flexibility index (Phi) is 4.23. The van der Waals surface area contributed by atoms with E-state index in [-0.39, 0.29) is 17.2 Å². The van der Waals surface area contributed by atoms with E-state index < -0.39 is 0 Å². The Morgan fingerprint density at radius 1 is 0.962 bits per heavy atom. The Hall–Kier alpha value is -1.49. The summed E-state index contributed by atoms with van der Waals surface area (Å²) in [4.78, 5) is 27.6. The summed E-state index contributed by atoms with van der Waals surface area (Å²) in [6.07, 6.45) is 6.60. The van der Waals surface area contributed by atoms with Gasteiger partial charge in [0.15, 0.2) is 5.37 Å². The molecule has 1 N–H and O–H groups in total. The number of benzene rings is 1. The van der Waals surface area contributed by atoms with E-state index >= 15 is 0 Å². The van der Waals surface area contributed by atoms with E-state index in [1.54, 1.807) is 16.7 Å². The zero-order valence-corrected chi connectivity index (χ0v) is 15.8. The molecule has 1 unspecified atom stereocenters.